The van der Waals surface area contributed by atoms with Crippen molar-refractivity contribution in [1.82, 2.24) is 4.90 Å². The van der Waals surface area contributed by atoms with Gasteiger partial charge in [0.1, 0.15) is 13.2 Å². The van der Waals surface area contributed by atoms with E-state index in [1.54, 1.807) is 6.08 Å². The van der Waals surface area contributed by atoms with E-state index in [0.29, 0.717) is 23.9 Å². The Kier molecular flexibility index (Phi) is 44.6. The highest BCUT2D eigenvalue weighted by atomic mass is 31.2. The lowest BCUT2D eigenvalue weighted by molar-refractivity contribution is -0.870. The summed E-state index contributed by atoms with van der Waals surface area (Å²) in [5.74, 6) is -0.698. The van der Waals surface area contributed by atoms with Gasteiger partial charge < -0.3 is 14.5 Å². The third kappa shape index (κ3) is 42.7. The summed E-state index contributed by atoms with van der Waals surface area (Å²) in [6.07, 6.45) is 48.3. The van der Waals surface area contributed by atoms with E-state index in [9.17, 15) is 24.2 Å². The standard InChI is InChI=1S/C55H109N2O7P/c1-7-10-13-16-19-22-25-28-31-34-37-40-43-46-53(58)52(51-64-65(61,62)63-50-49-57(4,5)6)56(54(59)47-44-41-38-35-32-29-26-23-20-17-14-11-8-2)55(60)48-45-42-39-36-33-30-27-24-21-18-15-12-9-3/h43,46,52-53,58H,7-42,44-45,47-51H2,1-6H3/p+1/b46-43+/t52-,53+/m0/s1. The van der Waals surface area contributed by atoms with Crippen LogP contribution in [0.1, 0.15) is 278 Å². The van der Waals surface area contributed by atoms with Crippen LogP contribution in [-0.4, -0.2) is 84.2 Å². The number of imide groups is 1. The minimum atomic E-state index is -4.53. The van der Waals surface area contributed by atoms with Crippen molar-refractivity contribution < 1.29 is 37.7 Å². The van der Waals surface area contributed by atoms with Gasteiger partial charge in [0.15, 0.2) is 0 Å². The Hall–Kier alpha value is -1.09. The molecule has 0 aliphatic carbocycles. The predicted octanol–water partition coefficient (Wildman–Crippen LogP) is 16.1. The van der Waals surface area contributed by atoms with Gasteiger partial charge in [0.2, 0.25) is 11.8 Å². The van der Waals surface area contributed by atoms with Crippen LogP contribution >= 0.6 is 7.82 Å². The number of phosphoric acid groups is 1. The summed E-state index contributed by atoms with van der Waals surface area (Å²) >= 11 is 0. The molecule has 10 heteroatoms. The molecule has 9 nitrogen and oxygen atoms in total. The highest BCUT2D eigenvalue weighted by Gasteiger charge is 2.36. The summed E-state index contributed by atoms with van der Waals surface area (Å²) in [5.41, 5.74) is 0. The molecule has 0 fully saturated rings. The molecule has 0 aromatic carbocycles. The van der Waals surface area contributed by atoms with E-state index in [0.717, 1.165) is 57.8 Å². The zero-order chi connectivity index (χ0) is 48.1. The zero-order valence-electron chi connectivity index (χ0n) is 44.0. The van der Waals surface area contributed by atoms with Crippen molar-refractivity contribution >= 4 is 19.6 Å². The Balaban J connectivity index is 5.56. The number of likely N-dealkylation sites (N-methyl/N-ethyl adjacent to an activating group) is 1. The SMILES string of the molecule is CCCCCCCCCCCCC/C=C/[C@@H](O)[C@H](COP(=O)(O)OCC[N+](C)(C)C)N(C(=O)CCCCCCCCCCCCCCC)C(=O)CCCCCCCCCCCCCCC. The summed E-state index contributed by atoms with van der Waals surface area (Å²) in [5, 5.41) is 11.7. The van der Waals surface area contributed by atoms with Gasteiger partial charge in [0, 0.05) is 12.8 Å². The third-order valence-electron chi connectivity index (χ3n) is 13.0. The summed E-state index contributed by atoms with van der Waals surface area (Å²) in [4.78, 5) is 40.1. The molecule has 0 saturated heterocycles. The molecule has 1 unspecified atom stereocenters. The number of quaternary nitrogens is 1. The van der Waals surface area contributed by atoms with Crippen LogP contribution in [0.4, 0.5) is 0 Å². The number of amides is 2. The van der Waals surface area contributed by atoms with E-state index < -0.39 is 26.6 Å². The lowest BCUT2D eigenvalue weighted by Crippen LogP contribution is -2.52. The van der Waals surface area contributed by atoms with E-state index in [2.05, 4.69) is 20.8 Å². The third-order valence-corrected chi connectivity index (χ3v) is 14.0. The number of rotatable bonds is 50. The van der Waals surface area contributed by atoms with Crippen molar-refractivity contribution in [3.63, 3.8) is 0 Å². The maximum Gasteiger partial charge on any atom is 0.472 e. The lowest BCUT2D eigenvalue weighted by Gasteiger charge is -2.33. The Morgan fingerprint density at radius 2 is 0.815 bits per heavy atom. The normalized spacial score (nSPS) is 14.0. The number of aliphatic hydroxyl groups excluding tert-OH is 1. The molecule has 0 aromatic rings. The molecular weight excluding hydrogens is 832 g/mol. The molecular formula is C55H110N2O7P+. The van der Waals surface area contributed by atoms with Crippen molar-refractivity contribution in [3.05, 3.63) is 12.2 Å². The Bertz CT molecular complexity index is 1100. The first-order chi connectivity index (χ1) is 31.4. The number of allylic oxidation sites excluding steroid dienone is 1. The van der Waals surface area contributed by atoms with Gasteiger partial charge in [-0.3, -0.25) is 23.5 Å². The maximum absolute atomic E-state index is 14.1. The van der Waals surface area contributed by atoms with E-state index >= 15 is 0 Å². The van der Waals surface area contributed by atoms with Crippen LogP contribution in [-0.2, 0) is 23.2 Å². The number of phosphoric ester groups is 1. The van der Waals surface area contributed by atoms with Gasteiger partial charge in [0.05, 0.1) is 39.9 Å². The van der Waals surface area contributed by atoms with E-state index in [4.69, 9.17) is 9.05 Å². The number of hydrogen-bond acceptors (Lipinski definition) is 6. The number of unbranched alkanes of at least 4 members (excludes halogenated alkanes) is 35. The minimum Gasteiger partial charge on any atom is -0.387 e. The molecule has 0 radical (unpaired) electrons. The molecule has 0 spiro atoms. The number of nitrogens with zero attached hydrogens (tertiary/aromatic N) is 2. The Morgan fingerprint density at radius 1 is 0.508 bits per heavy atom. The predicted molar refractivity (Wildman–Crippen MR) is 277 cm³/mol. The largest absolute Gasteiger partial charge is 0.472 e. The molecule has 0 aliphatic rings. The first-order valence-corrected chi connectivity index (χ1v) is 29.5. The number of carbonyl (C=O) groups excluding carboxylic acids is 2. The van der Waals surface area contributed by atoms with Crippen molar-refractivity contribution in [3.8, 4) is 0 Å². The van der Waals surface area contributed by atoms with Gasteiger partial charge in [0.25, 0.3) is 0 Å². The number of aliphatic hydroxyl groups is 1. The molecule has 3 atom stereocenters. The molecule has 2 N–H and O–H groups in total. The number of carbonyl (C=O) groups is 2. The zero-order valence-corrected chi connectivity index (χ0v) is 44.9. The summed E-state index contributed by atoms with van der Waals surface area (Å²) < 4.78 is 24.5. The average Bonchev–Trinajstić information content (AvgIpc) is 3.26. The maximum atomic E-state index is 14.1. The topological polar surface area (TPSA) is 113 Å². The number of hydrogen-bond donors (Lipinski definition) is 2. The molecule has 2 amide bonds. The van der Waals surface area contributed by atoms with Crippen LogP contribution in [0, 0.1) is 0 Å². The monoisotopic (exact) mass is 942 g/mol. The van der Waals surface area contributed by atoms with Gasteiger partial charge in [-0.1, -0.05) is 251 Å². The van der Waals surface area contributed by atoms with E-state index in [1.165, 1.54) is 178 Å². The van der Waals surface area contributed by atoms with Crippen LogP contribution in [0.5, 0.6) is 0 Å². The molecule has 0 rings (SSSR count). The van der Waals surface area contributed by atoms with Crippen molar-refractivity contribution in [2.45, 2.75) is 290 Å². The summed E-state index contributed by atoms with van der Waals surface area (Å²) in [7, 11) is 1.36. The fraction of sp³-hybridized carbons (Fsp3) is 0.927. The van der Waals surface area contributed by atoms with Gasteiger partial charge in [-0.15, -0.1) is 0 Å². The highest BCUT2D eigenvalue weighted by molar-refractivity contribution is 7.47. The van der Waals surface area contributed by atoms with Crippen LogP contribution in [0.3, 0.4) is 0 Å². The smallest absolute Gasteiger partial charge is 0.387 e. The van der Waals surface area contributed by atoms with Gasteiger partial charge in [-0.25, -0.2) is 4.57 Å². The Labute approximate surface area is 403 Å². The second kappa shape index (κ2) is 45.4. The lowest BCUT2D eigenvalue weighted by atomic mass is 10.0. The molecule has 386 valence electrons. The van der Waals surface area contributed by atoms with Gasteiger partial charge in [-0.05, 0) is 25.7 Å². The average molecular weight is 942 g/mol. The van der Waals surface area contributed by atoms with Gasteiger partial charge >= 0.3 is 7.82 Å². The second-order valence-corrected chi connectivity index (χ2v) is 22.0. The van der Waals surface area contributed by atoms with E-state index in [-0.39, 0.29) is 31.3 Å². The van der Waals surface area contributed by atoms with Gasteiger partial charge in [-0.2, -0.15) is 0 Å². The fourth-order valence-corrected chi connectivity index (χ4v) is 9.32. The van der Waals surface area contributed by atoms with E-state index in [1.807, 2.05) is 27.2 Å². The van der Waals surface area contributed by atoms with Crippen LogP contribution in [0.15, 0.2) is 12.2 Å². The molecule has 0 aromatic heterocycles. The second-order valence-electron chi connectivity index (χ2n) is 20.6. The summed E-state index contributed by atoms with van der Waals surface area (Å²) in [6.45, 7) is 6.77. The molecule has 0 heterocycles. The molecule has 0 bridgehead atoms. The Morgan fingerprint density at radius 3 is 1.14 bits per heavy atom. The van der Waals surface area contributed by atoms with Crippen molar-refractivity contribution in [1.29, 1.82) is 0 Å². The summed E-state index contributed by atoms with van der Waals surface area (Å²) in [6, 6.07) is -1.14. The first-order valence-electron chi connectivity index (χ1n) is 28.0. The first kappa shape index (κ1) is 63.9. The van der Waals surface area contributed by atoms with Crippen molar-refractivity contribution in [2.75, 3.05) is 40.9 Å². The van der Waals surface area contributed by atoms with Crippen molar-refractivity contribution in [2.24, 2.45) is 0 Å². The van der Waals surface area contributed by atoms with Crippen LogP contribution < -0.4 is 0 Å². The fourth-order valence-electron chi connectivity index (χ4n) is 8.59. The molecule has 65 heavy (non-hydrogen) atoms. The highest BCUT2D eigenvalue weighted by Crippen LogP contribution is 2.43. The van der Waals surface area contributed by atoms with Crippen LogP contribution in [0.25, 0.3) is 0 Å². The van der Waals surface area contributed by atoms with Crippen LogP contribution in [0.2, 0.25) is 0 Å². The minimum absolute atomic E-state index is 0.00301. The molecule has 0 saturated carbocycles. The quantitative estimate of drug-likeness (QED) is 0.0270. The molecule has 0 aliphatic heterocycles.